The Balaban J connectivity index is 1.35. The molecule has 5 rings (SSSR count). The number of imide groups is 1. The SMILES string of the molecule is CC1(N=CC(=CN)Cc2ccc3c4c(cccc24)C(=O)N3C2CCC(=O)NC2=O)CCN(C(=O)C(C)(C)F)CC1. The summed E-state index contributed by atoms with van der Waals surface area (Å²) in [5.41, 5.74) is 6.62. The van der Waals surface area contributed by atoms with Gasteiger partial charge in [0.1, 0.15) is 6.04 Å². The summed E-state index contributed by atoms with van der Waals surface area (Å²) in [5.74, 6) is -1.54. The number of aliphatic imine (C=N–C) groups is 1. The zero-order valence-electron chi connectivity index (χ0n) is 23.0. The van der Waals surface area contributed by atoms with Crippen molar-refractivity contribution in [3.8, 4) is 0 Å². The van der Waals surface area contributed by atoms with Crippen LogP contribution in [0, 0.1) is 0 Å². The van der Waals surface area contributed by atoms with E-state index in [1.165, 1.54) is 24.9 Å². The maximum Gasteiger partial charge on any atom is 0.259 e. The predicted molar refractivity (Wildman–Crippen MR) is 151 cm³/mol. The van der Waals surface area contributed by atoms with Crippen LogP contribution in [0.4, 0.5) is 10.1 Å². The minimum absolute atomic E-state index is 0.183. The summed E-state index contributed by atoms with van der Waals surface area (Å²) >= 11 is 0. The third-order valence-corrected chi connectivity index (χ3v) is 8.13. The van der Waals surface area contributed by atoms with Gasteiger partial charge in [0.25, 0.3) is 11.8 Å². The highest BCUT2D eigenvalue weighted by atomic mass is 19.1. The van der Waals surface area contributed by atoms with Crippen LogP contribution in [0.15, 0.2) is 47.1 Å². The van der Waals surface area contributed by atoms with E-state index in [-0.39, 0.29) is 24.7 Å². The van der Waals surface area contributed by atoms with E-state index in [1.54, 1.807) is 17.2 Å². The molecule has 1 unspecified atom stereocenters. The molecule has 4 amide bonds. The highest BCUT2D eigenvalue weighted by Gasteiger charge is 2.41. The van der Waals surface area contributed by atoms with Crippen LogP contribution in [0.3, 0.4) is 0 Å². The molecular formula is C30H34FN5O4. The number of hydrogen-bond acceptors (Lipinski definition) is 6. The van der Waals surface area contributed by atoms with Crippen molar-refractivity contribution in [2.24, 2.45) is 10.7 Å². The van der Waals surface area contributed by atoms with E-state index >= 15 is 0 Å². The van der Waals surface area contributed by atoms with E-state index in [0.29, 0.717) is 43.6 Å². The Morgan fingerprint density at radius 3 is 2.58 bits per heavy atom. The number of alkyl halides is 1. The molecule has 2 aromatic carbocycles. The molecule has 10 heteroatoms. The molecule has 0 radical (unpaired) electrons. The molecule has 0 aromatic heterocycles. The Morgan fingerprint density at radius 1 is 1.20 bits per heavy atom. The number of likely N-dealkylation sites (tertiary alicyclic amines) is 1. The Hall–Kier alpha value is -4.08. The van der Waals surface area contributed by atoms with Gasteiger partial charge in [-0.3, -0.25) is 34.4 Å². The zero-order chi connectivity index (χ0) is 28.8. The van der Waals surface area contributed by atoms with Crippen molar-refractivity contribution < 1.29 is 23.6 Å². The topological polar surface area (TPSA) is 125 Å². The van der Waals surface area contributed by atoms with Crippen molar-refractivity contribution in [3.05, 3.63) is 53.2 Å². The van der Waals surface area contributed by atoms with Gasteiger partial charge in [-0.05, 0) is 74.9 Å². The van der Waals surface area contributed by atoms with Gasteiger partial charge in [-0.25, -0.2) is 4.39 Å². The van der Waals surface area contributed by atoms with Gasteiger partial charge < -0.3 is 10.6 Å². The third-order valence-electron chi connectivity index (χ3n) is 8.13. The minimum Gasteiger partial charge on any atom is -0.404 e. The van der Waals surface area contributed by atoms with Crippen LogP contribution in [0.2, 0.25) is 0 Å². The number of rotatable bonds is 6. The van der Waals surface area contributed by atoms with E-state index in [1.807, 2.05) is 31.2 Å². The molecule has 3 heterocycles. The number of amides is 4. The van der Waals surface area contributed by atoms with E-state index in [2.05, 4.69) is 5.32 Å². The number of anilines is 1. The number of nitrogens with zero attached hydrogens (tertiary/aromatic N) is 3. The van der Waals surface area contributed by atoms with Crippen LogP contribution < -0.4 is 16.0 Å². The Bertz CT molecular complexity index is 1470. The van der Waals surface area contributed by atoms with Crippen molar-refractivity contribution in [1.29, 1.82) is 0 Å². The summed E-state index contributed by atoms with van der Waals surface area (Å²) in [6.45, 7) is 5.46. The fourth-order valence-electron chi connectivity index (χ4n) is 5.76. The number of halogens is 1. The highest BCUT2D eigenvalue weighted by Crippen LogP contribution is 2.41. The second kappa shape index (κ2) is 10.1. The Morgan fingerprint density at radius 2 is 1.93 bits per heavy atom. The number of nitrogens with one attached hydrogen (secondary N) is 1. The Kier molecular flexibility index (Phi) is 6.97. The van der Waals surface area contributed by atoms with Crippen molar-refractivity contribution in [2.45, 2.75) is 70.1 Å². The van der Waals surface area contributed by atoms with Gasteiger partial charge in [0, 0.05) is 43.1 Å². The number of nitrogens with two attached hydrogens (primary N) is 1. The normalized spacial score (nSPS) is 21.4. The standard InChI is InChI=1S/C30H34FN5O4/c1-29(2,31)28(40)35-13-11-30(3,12-14-35)33-17-18(16-32)15-19-7-8-22-25-20(19)5-4-6-21(25)27(39)36(22)23-9-10-24(37)34-26(23)38/h4-8,16-17,23H,9-15,32H2,1-3H3,(H,34,37,38). The lowest BCUT2D eigenvalue weighted by atomic mass is 9.89. The summed E-state index contributed by atoms with van der Waals surface area (Å²) in [7, 11) is 0. The first kappa shape index (κ1) is 27.5. The van der Waals surface area contributed by atoms with E-state index in [4.69, 9.17) is 10.7 Å². The van der Waals surface area contributed by atoms with E-state index in [0.717, 1.165) is 21.9 Å². The van der Waals surface area contributed by atoms with Crippen LogP contribution in [0.25, 0.3) is 10.8 Å². The molecule has 2 fully saturated rings. The lowest BCUT2D eigenvalue weighted by Crippen LogP contribution is -2.53. The monoisotopic (exact) mass is 547 g/mol. The number of carbonyl (C=O) groups excluding carboxylic acids is 4. The van der Waals surface area contributed by atoms with Crippen LogP contribution in [-0.2, 0) is 20.8 Å². The Labute approximate surface area is 232 Å². The number of piperidine rings is 2. The summed E-state index contributed by atoms with van der Waals surface area (Å²) in [4.78, 5) is 57.8. The first-order valence-corrected chi connectivity index (χ1v) is 13.6. The molecule has 2 aromatic rings. The van der Waals surface area contributed by atoms with E-state index < -0.39 is 29.1 Å². The fourth-order valence-corrected chi connectivity index (χ4v) is 5.76. The number of hydrogen-bond donors (Lipinski definition) is 2. The van der Waals surface area contributed by atoms with Crippen molar-refractivity contribution in [2.75, 3.05) is 18.0 Å². The molecule has 3 aliphatic heterocycles. The minimum atomic E-state index is -1.89. The molecule has 0 spiro atoms. The average molecular weight is 548 g/mol. The smallest absolute Gasteiger partial charge is 0.259 e. The average Bonchev–Trinajstić information content (AvgIpc) is 3.20. The molecule has 9 nitrogen and oxygen atoms in total. The third kappa shape index (κ3) is 4.98. The lowest BCUT2D eigenvalue weighted by Gasteiger charge is -2.38. The second-order valence-corrected chi connectivity index (χ2v) is 11.6. The summed E-state index contributed by atoms with van der Waals surface area (Å²) in [5, 5.41) is 4.01. The zero-order valence-corrected chi connectivity index (χ0v) is 23.0. The largest absolute Gasteiger partial charge is 0.404 e. The maximum absolute atomic E-state index is 14.1. The van der Waals surface area contributed by atoms with Crippen molar-refractivity contribution in [1.82, 2.24) is 10.2 Å². The van der Waals surface area contributed by atoms with Gasteiger partial charge >= 0.3 is 0 Å². The quantitative estimate of drug-likeness (QED) is 0.425. The molecule has 210 valence electrons. The summed E-state index contributed by atoms with van der Waals surface area (Å²) in [6, 6.07) is 8.57. The van der Waals surface area contributed by atoms with Crippen LogP contribution in [-0.4, -0.2) is 65.1 Å². The lowest BCUT2D eigenvalue weighted by molar-refractivity contribution is -0.143. The molecular weight excluding hydrogens is 513 g/mol. The molecule has 3 N–H and O–H groups in total. The van der Waals surface area contributed by atoms with Gasteiger partial charge in [-0.15, -0.1) is 0 Å². The fraction of sp³-hybridized carbons (Fsp3) is 0.433. The van der Waals surface area contributed by atoms with Crippen molar-refractivity contribution in [3.63, 3.8) is 0 Å². The first-order chi connectivity index (χ1) is 18.9. The van der Waals surface area contributed by atoms with Crippen molar-refractivity contribution >= 4 is 46.3 Å². The molecule has 0 saturated carbocycles. The number of allylic oxidation sites excluding steroid dienone is 1. The van der Waals surface area contributed by atoms with Crippen LogP contribution in [0.1, 0.15) is 62.4 Å². The number of benzene rings is 2. The second-order valence-electron chi connectivity index (χ2n) is 11.6. The molecule has 0 bridgehead atoms. The predicted octanol–water partition coefficient (Wildman–Crippen LogP) is 3.19. The van der Waals surface area contributed by atoms with Crippen LogP contribution in [0.5, 0.6) is 0 Å². The first-order valence-electron chi connectivity index (χ1n) is 13.6. The molecule has 3 aliphatic rings. The van der Waals surface area contributed by atoms with Gasteiger partial charge in [-0.2, -0.15) is 0 Å². The van der Waals surface area contributed by atoms with Gasteiger partial charge in [-0.1, -0.05) is 18.2 Å². The molecule has 40 heavy (non-hydrogen) atoms. The van der Waals surface area contributed by atoms with Gasteiger partial charge in [0.2, 0.25) is 11.8 Å². The number of carbonyl (C=O) groups is 4. The van der Waals surface area contributed by atoms with Crippen LogP contribution >= 0.6 is 0 Å². The van der Waals surface area contributed by atoms with E-state index in [9.17, 15) is 23.6 Å². The summed E-state index contributed by atoms with van der Waals surface area (Å²) in [6.07, 6.45) is 5.44. The summed E-state index contributed by atoms with van der Waals surface area (Å²) < 4.78 is 14.1. The molecule has 2 saturated heterocycles. The van der Waals surface area contributed by atoms with Gasteiger partial charge in [0.05, 0.1) is 11.2 Å². The molecule has 1 atom stereocenters. The van der Waals surface area contributed by atoms with Gasteiger partial charge in [0.15, 0.2) is 5.67 Å². The molecule has 0 aliphatic carbocycles. The highest BCUT2D eigenvalue weighted by molar-refractivity contribution is 6.27. The maximum atomic E-state index is 14.1.